The quantitative estimate of drug-likeness (QED) is 0.742. The summed E-state index contributed by atoms with van der Waals surface area (Å²) in [5.74, 6) is -0.854. The van der Waals surface area contributed by atoms with E-state index in [-0.39, 0.29) is 18.2 Å². The number of rotatable bonds is 7. The zero-order chi connectivity index (χ0) is 15.2. The van der Waals surface area contributed by atoms with Crippen LogP contribution in [0.3, 0.4) is 0 Å². The first-order valence-corrected chi connectivity index (χ1v) is 7.70. The normalized spacial score (nSPS) is 14.0. The highest BCUT2D eigenvalue weighted by atomic mass is 32.2. The number of amides is 1. The fourth-order valence-electron chi connectivity index (χ4n) is 2.17. The molecule has 1 heterocycles. The molecule has 1 aromatic rings. The average molecular weight is 311 g/mol. The van der Waals surface area contributed by atoms with Gasteiger partial charge >= 0.3 is 5.97 Å². The van der Waals surface area contributed by atoms with Gasteiger partial charge in [-0.25, -0.2) is 4.68 Å². The number of tetrazole rings is 1. The number of carbonyl (C=O) groups excluding carboxylic acids is 1. The van der Waals surface area contributed by atoms with E-state index < -0.39 is 5.97 Å². The van der Waals surface area contributed by atoms with E-state index in [4.69, 9.17) is 5.11 Å². The molecule has 0 saturated carbocycles. The Balaban J connectivity index is 1.94. The van der Waals surface area contributed by atoms with Gasteiger partial charge in [0.2, 0.25) is 11.1 Å². The largest absolute Gasteiger partial charge is 0.480 e. The smallest absolute Gasteiger partial charge is 0.325 e. The van der Waals surface area contributed by atoms with E-state index in [0.29, 0.717) is 11.7 Å². The van der Waals surface area contributed by atoms with Crippen molar-refractivity contribution in [2.75, 3.05) is 12.3 Å². The predicted molar refractivity (Wildman–Crippen MR) is 75.5 cm³/mol. The standard InChI is InChI=1S/C12H17N5O3S/c1-2-16(9-5-3-4-6-9)10(18)8-21-12-13-14-15-17(12)7-11(19)20/h5H,2-4,6-8H2,1H3,(H,19,20). The Morgan fingerprint density at radius 2 is 2.33 bits per heavy atom. The molecule has 0 unspecified atom stereocenters. The van der Waals surface area contributed by atoms with Crippen LogP contribution in [-0.2, 0) is 16.1 Å². The van der Waals surface area contributed by atoms with Crippen molar-refractivity contribution in [2.45, 2.75) is 37.9 Å². The maximum Gasteiger partial charge on any atom is 0.325 e. The molecule has 0 saturated heterocycles. The lowest BCUT2D eigenvalue weighted by atomic mass is 10.3. The number of carbonyl (C=O) groups is 2. The highest BCUT2D eigenvalue weighted by molar-refractivity contribution is 7.99. The van der Waals surface area contributed by atoms with E-state index in [1.165, 1.54) is 4.68 Å². The number of thioether (sulfide) groups is 1. The number of carboxylic acids is 1. The van der Waals surface area contributed by atoms with E-state index in [1.54, 1.807) is 4.90 Å². The number of hydrogen-bond acceptors (Lipinski definition) is 6. The molecule has 1 amide bonds. The Bertz CT molecular complexity index is 557. The van der Waals surface area contributed by atoms with Crippen LogP contribution in [0.15, 0.2) is 16.9 Å². The van der Waals surface area contributed by atoms with Crippen LogP contribution in [0.1, 0.15) is 26.2 Å². The SMILES string of the molecule is CCN(C(=O)CSc1nnnn1CC(=O)O)C1=CCCC1. The Labute approximate surface area is 126 Å². The van der Waals surface area contributed by atoms with Crippen LogP contribution in [0, 0.1) is 0 Å². The maximum atomic E-state index is 12.3. The number of hydrogen-bond donors (Lipinski definition) is 1. The van der Waals surface area contributed by atoms with E-state index >= 15 is 0 Å². The molecule has 1 aromatic heterocycles. The molecule has 0 atom stereocenters. The maximum absolute atomic E-state index is 12.3. The molecule has 1 aliphatic carbocycles. The zero-order valence-corrected chi connectivity index (χ0v) is 12.5. The molecule has 114 valence electrons. The van der Waals surface area contributed by atoms with Crippen LogP contribution < -0.4 is 0 Å². The lowest BCUT2D eigenvalue weighted by molar-refractivity contribution is -0.138. The second-order valence-electron chi connectivity index (χ2n) is 4.53. The molecule has 0 radical (unpaired) electrons. The van der Waals surface area contributed by atoms with Crippen LogP contribution in [-0.4, -0.2) is 54.4 Å². The first-order valence-electron chi connectivity index (χ1n) is 6.72. The van der Waals surface area contributed by atoms with Gasteiger partial charge in [-0.3, -0.25) is 9.59 Å². The van der Waals surface area contributed by atoms with Crippen molar-refractivity contribution in [1.29, 1.82) is 0 Å². The van der Waals surface area contributed by atoms with E-state index in [9.17, 15) is 9.59 Å². The number of carboxylic acid groups (broad SMARTS) is 1. The van der Waals surface area contributed by atoms with Gasteiger partial charge in [-0.05, 0) is 36.6 Å². The predicted octanol–water partition coefficient (Wildman–Crippen LogP) is 0.766. The molecule has 21 heavy (non-hydrogen) atoms. The first-order chi connectivity index (χ1) is 10.1. The minimum Gasteiger partial charge on any atom is -0.480 e. The number of aliphatic carboxylic acids is 1. The van der Waals surface area contributed by atoms with E-state index in [2.05, 4.69) is 21.6 Å². The van der Waals surface area contributed by atoms with Gasteiger partial charge in [0, 0.05) is 12.2 Å². The lowest BCUT2D eigenvalue weighted by Gasteiger charge is -2.21. The van der Waals surface area contributed by atoms with Crippen LogP contribution in [0.5, 0.6) is 0 Å². The molecule has 0 aliphatic heterocycles. The van der Waals surface area contributed by atoms with Crippen LogP contribution in [0.2, 0.25) is 0 Å². The Kier molecular flexibility index (Phi) is 5.32. The van der Waals surface area contributed by atoms with Gasteiger partial charge in [-0.1, -0.05) is 17.8 Å². The summed E-state index contributed by atoms with van der Waals surface area (Å²) in [6.45, 7) is 2.26. The summed E-state index contributed by atoms with van der Waals surface area (Å²) in [4.78, 5) is 24.7. The second-order valence-corrected chi connectivity index (χ2v) is 5.47. The van der Waals surface area contributed by atoms with Gasteiger partial charge in [-0.2, -0.15) is 0 Å². The van der Waals surface area contributed by atoms with Gasteiger partial charge in [0.25, 0.3) is 0 Å². The number of allylic oxidation sites excluding steroid dienone is 2. The van der Waals surface area contributed by atoms with Crippen molar-refractivity contribution in [3.05, 3.63) is 11.8 Å². The van der Waals surface area contributed by atoms with Crippen LogP contribution in [0.4, 0.5) is 0 Å². The average Bonchev–Trinajstić information content (AvgIpc) is 3.08. The fourth-order valence-corrected chi connectivity index (χ4v) is 2.92. The fraction of sp³-hybridized carbons (Fsp3) is 0.583. The van der Waals surface area contributed by atoms with Crippen molar-refractivity contribution < 1.29 is 14.7 Å². The molecule has 0 bridgehead atoms. The summed E-state index contributed by atoms with van der Waals surface area (Å²) in [7, 11) is 0. The van der Waals surface area contributed by atoms with E-state index in [1.807, 2.05) is 6.92 Å². The topological polar surface area (TPSA) is 101 Å². The third-order valence-corrected chi connectivity index (χ3v) is 4.03. The van der Waals surface area contributed by atoms with E-state index in [0.717, 1.165) is 36.7 Å². The molecule has 9 heteroatoms. The third kappa shape index (κ3) is 4.03. The molecule has 0 aromatic carbocycles. The highest BCUT2D eigenvalue weighted by Gasteiger charge is 2.20. The lowest BCUT2D eigenvalue weighted by Crippen LogP contribution is -2.31. The molecular formula is C12H17N5O3S. The van der Waals surface area contributed by atoms with Gasteiger partial charge in [0.1, 0.15) is 6.54 Å². The molecule has 1 N–H and O–H groups in total. The highest BCUT2D eigenvalue weighted by Crippen LogP contribution is 2.23. The third-order valence-electron chi connectivity index (χ3n) is 3.09. The summed E-state index contributed by atoms with van der Waals surface area (Å²) >= 11 is 1.15. The number of aromatic nitrogens is 4. The molecule has 0 fully saturated rings. The van der Waals surface area contributed by atoms with Gasteiger partial charge in [0.15, 0.2) is 0 Å². The monoisotopic (exact) mass is 311 g/mol. The zero-order valence-electron chi connectivity index (χ0n) is 11.7. The van der Waals surface area contributed by atoms with Gasteiger partial charge < -0.3 is 10.0 Å². The first kappa shape index (κ1) is 15.5. The molecule has 8 nitrogen and oxygen atoms in total. The van der Waals surface area contributed by atoms with Crippen molar-refractivity contribution >= 4 is 23.6 Å². The van der Waals surface area contributed by atoms with Crippen molar-refractivity contribution in [2.24, 2.45) is 0 Å². The Morgan fingerprint density at radius 3 is 2.95 bits per heavy atom. The van der Waals surface area contributed by atoms with Gasteiger partial charge in [0.05, 0.1) is 5.75 Å². The van der Waals surface area contributed by atoms with Crippen LogP contribution >= 0.6 is 11.8 Å². The van der Waals surface area contributed by atoms with Crippen LogP contribution in [0.25, 0.3) is 0 Å². The van der Waals surface area contributed by atoms with Crippen molar-refractivity contribution in [1.82, 2.24) is 25.1 Å². The van der Waals surface area contributed by atoms with Gasteiger partial charge in [-0.15, -0.1) is 5.10 Å². The molecule has 1 aliphatic rings. The molecular weight excluding hydrogens is 294 g/mol. The summed E-state index contributed by atoms with van der Waals surface area (Å²) in [6, 6.07) is 0. The Morgan fingerprint density at radius 1 is 1.52 bits per heavy atom. The minimum atomic E-state index is -1.03. The second kappa shape index (κ2) is 7.21. The summed E-state index contributed by atoms with van der Waals surface area (Å²) < 4.78 is 1.17. The molecule has 0 spiro atoms. The van der Waals surface area contributed by atoms with Crippen molar-refractivity contribution in [3.63, 3.8) is 0 Å². The summed E-state index contributed by atoms with van der Waals surface area (Å²) in [5.41, 5.74) is 1.08. The number of nitrogens with zero attached hydrogens (tertiary/aromatic N) is 5. The molecule has 2 rings (SSSR count). The van der Waals surface area contributed by atoms with Crippen molar-refractivity contribution in [3.8, 4) is 0 Å². The summed E-state index contributed by atoms with van der Waals surface area (Å²) in [5, 5.41) is 19.9. The Hall–Kier alpha value is -1.90. The summed E-state index contributed by atoms with van der Waals surface area (Å²) in [6.07, 6.45) is 5.13. The minimum absolute atomic E-state index is 0.0134.